The van der Waals surface area contributed by atoms with Crippen LogP contribution in [0.25, 0.3) is 22.3 Å². The van der Waals surface area contributed by atoms with Gasteiger partial charge in [0.05, 0.1) is 0 Å². The van der Waals surface area contributed by atoms with Crippen molar-refractivity contribution in [3.05, 3.63) is 65.8 Å². The number of aromatic nitrogens is 4. The largest absolute Gasteiger partial charge is 0.382 e. The first kappa shape index (κ1) is 17.6. The van der Waals surface area contributed by atoms with Crippen LogP contribution in [0, 0.1) is 18.8 Å². The van der Waals surface area contributed by atoms with Gasteiger partial charge in [0.15, 0.2) is 11.4 Å². The molecule has 3 heterocycles. The van der Waals surface area contributed by atoms with E-state index in [1.807, 2.05) is 30.3 Å². The lowest BCUT2D eigenvalue weighted by Gasteiger charge is -2.11. The summed E-state index contributed by atoms with van der Waals surface area (Å²) in [5, 5.41) is 15.2. The first-order valence-electron chi connectivity index (χ1n) is 8.59. The van der Waals surface area contributed by atoms with Gasteiger partial charge in [0.2, 0.25) is 0 Å². The van der Waals surface area contributed by atoms with Crippen LogP contribution in [-0.2, 0) is 5.60 Å². The Labute approximate surface area is 161 Å². The number of pyridine rings is 1. The van der Waals surface area contributed by atoms with Gasteiger partial charge in [-0.15, -0.1) is 0 Å². The third-order valence-electron chi connectivity index (χ3n) is 4.23. The fourth-order valence-corrected chi connectivity index (χ4v) is 2.71. The van der Waals surface area contributed by atoms with Crippen molar-refractivity contribution < 1.29 is 9.63 Å². The van der Waals surface area contributed by atoms with E-state index >= 15 is 0 Å². The molecule has 0 spiro atoms. The predicted molar refractivity (Wildman–Crippen MR) is 105 cm³/mol. The van der Waals surface area contributed by atoms with E-state index in [2.05, 4.69) is 31.9 Å². The van der Waals surface area contributed by atoms with Crippen molar-refractivity contribution in [3.63, 3.8) is 0 Å². The van der Waals surface area contributed by atoms with Crippen LogP contribution >= 0.6 is 0 Å². The predicted octanol–water partition coefficient (Wildman–Crippen LogP) is 2.83. The SMILES string of the molecule is Cc1cc(C(C)(O)C#Cc2cccc(-c3ncc4ccnc(N)c4n3)c2)no1. The van der Waals surface area contributed by atoms with Crippen molar-refractivity contribution in [1.29, 1.82) is 0 Å². The molecule has 28 heavy (non-hydrogen) atoms. The van der Waals surface area contributed by atoms with Crippen LogP contribution in [0.5, 0.6) is 0 Å². The van der Waals surface area contributed by atoms with Gasteiger partial charge in [-0.25, -0.2) is 15.0 Å². The van der Waals surface area contributed by atoms with Crippen LogP contribution in [0.2, 0.25) is 0 Å². The average molecular weight is 371 g/mol. The van der Waals surface area contributed by atoms with Crippen molar-refractivity contribution in [3.8, 4) is 23.2 Å². The number of nitrogen functional groups attached to an aromatic ring is 1. The minimum Gasteiger partial charge on any atom is -0.382 e. The molecule has 138 valence electrons. The van der Waals surface area contributed by atoms with Crippen LogP contribution in [0.4, 0.5) is 5.82 Å². The Morgan fingerprint density at radius 1 is 1.18 bits per heavy atom. The molecule has 0 bridgehead atoms. The fraction of sp³-hybridized carbons (Fsp3) is 0.143. The molecule has 0 saturated carbocycles. The van der Waals surface area contributed by atoms with Crippen molar-refractivity contribution in [1.82, 2.24) is 20.1 Å². The molecule has 0 fully saturated rings. The summed E-state index contributed by atoms with van der Waals surface area (Å²) in [6.07, 6.45) is 3.34. The Balaban J connectivity index is 1.69. The molecule has 1 atom stereocenters. The van der Waals surface area contributed by atoms with Crippen LogP contribution in [-0.4, -0.2) is 25.2 Å². The quantitative estimate of drug-likeness (QED) is 0.521. The molecule has 4 rings (SSSR count). The van der Waals surface area contributed by atoms with E-state index in [-0.39, 0.29) is 0 Å². The van der Waals surface area contributed by atoms with Crippen LogP contribution in [0.15, 0.2) is 53.3 Å². The van der Waals surface area contributed by atoms with Gasteiger partial charge in [-0.3, -0.25) is 0 Å². The summed E-state index contributed by atoms with van der Waals surface area (Å²) in [5.41, 5.74) is 6.97. The molecular formula is C21H17N5O2. The van der Waals surface area contributed by atoms with Crippen molar-refractivity contribution >= 4 is 16.7 Å². The molecule has 7 heteroatoms. The van der Waals surface area contributed by atoms with E-state index in [9.17, 15) is 5.11 Å². The second kappa shape index (κ2) is 6.76. The van der Waals surface area contributed by atoms with E-state index < -0.39 is 5.60 Å². The topological polar surface area (TPSA) is 111 Å². The van der Waals surface area contributed by atoms with Gasteiger partial charge in [0.1, 0.15) is 22.8 Å². The van der Waals surface area contributed by atoms with Gasteiger partial charge in [0, 0.05) is 35.0 Å². The lowest BCUT2D eigenvalue weighted by atomic mass is 10.0. The second-order valence-corrected chi connectivity index (χ2v) is 6.55. The number of benzene rings is 1. The van der Waals surface area contributed by atoms with Gasteiger partial charge < -0.3 is 15.4 Å². The minimum atomic E-state index is -1.42. The van der Waals surface area contributed by atoms with Crippen LogP contribution in [0.3, 0.4) is 0 Å². The van der Waals surface area contributed by atoms with E-state index in [0.29, 0.717) is 34.2 Å². The zero-order valence-corrected chi connectivity index (χ0v) is 15.3. The van der Waals surface area contributed by atoms with E-state index in [1.54, 1.807) is 32.3 Å². The number of aliphatic hydroxyl groups is 1. The standard InChI is InChI=1S/C21H17N5O2/c1-13-10-17(26-28-13)21(2,27)8-6-14-4-3-5-15(11-14)20-24-12-16-7-9-23-19(22)18(16)25-20/h3-5,7,9-12,27H,1-2H3,(H2,22,23). The minimum absolute atomic E-state index is 0.357. The molecule has 7 nitrogen and oxygen atoms in total. The summed E-state index contributed by atoms with van der Waals surface area (Å²) < 4.78 is 5.01. The summed E-state index contributed by atoms with van der Waals surface area (Å²) >= 11 is 0. The molecule has 3 N–H and O–H groups in total. The van der Waals surface area contributed by atoms with E-state index in [1.165, 1.54) is 0 Å². The van der Waals surface area contributed by atoms with Crippen molar-refractivity contribution in [2.45, 2.75) is 19.4 Å². The zero-order valence-electron chi connectivity index (χ0n) is 15.3. The van der Waals surface area contributed by atoms with Crippen LogP contribution in [0.1, 0.15) is 23.9 Å². The first-order valence-corrected chi connectivity index (χ1v) is 8.59. The molecule has 1 aromatic carbocycles. The number of nitrogens with two attached hydrogens (primary N) is 1. The second-order valence-electron chi connectivity index (χ2n) is 6.55. The molecular weight excluding hydrogens is 354 g/mol. The number of hydrogen-bond donors (Lipinski definition) is 2. The monoisotopic (exact) mass is 371 g/mol. The molecule has 0 radical (unpaired) electrons. The Morgan fingerprint density at radius 2 is 2.04 bits per heavy atom. The Bertz CT molecular complexity index is 1230. The lowest BCUT2D eigenvalue weighted by molar-refractivity contribution is 0.112. The Kier molecular flexibility index (Phi) is 4.26. The molecule has 0 aliphatic rings. The average Bonchev–Trinajstić information content (AvgIpc) is 3.14. The summed E-state index contributed by atoms with van der Waals surface area (Å²) in [6, 6.07) is 10.9. The number of fused-ring (bicyclic) bond motifs is 1. The van der Waals surface area contributed by atoms with Crippen molar-refractivity contribution in [2.24, 2.45) is 0 Å². The zero-order chi connectivity index (χ0) is 19.7. The number of anilines is 1. The molecule has 3 aromatic heterocycles. The van der Waals surface area contributed by atoms with Crippen LogP contribution < -0.4 is 5.73 Å². The van der Waals surface area contributed by atoms with Gasteiger partial charge >= 0.3 is 0 Å². The molecule has 0 saturated heterocycles. The normalized spacial score (nSPS) is 13.0. The number of aryl methyl sites for hydroxylation is 1. The molecule has 0 amide bonds. The first-order chi connectivity index (χ1) is 13.4. The van der Waals surface area contributed by atoms with E-state index in [0.717, 1.165) is 10.9 Å². The maximum Gasteiger partial charge on any atom is 0.168 e. The third kappa shape index (κ3) is 3.41. The van der Waals surface area contributed by atoms with Gasteiger partial charge in [-0.1, -0.05) is 29.1 Å². The number of rotatable bonds is 2. The van der Waals surface area contributed by atoms with E-state index in [4.69, 9.17) is 10.3 Å². The highest BCUT2D eigenvalue weighted by Crippen LogP contribution is 2.22. The highest BCUT2D eigenvalue weighted by molar-refractivity contribution is 5.87. The molecule has 4 aromatic rings. The van der Waals surface area contributed by atoms with Gasteiger partial charge in [-0.05, 0) is 32.0 Å². The summed E-state index contributed by atoms with van der Waals surface area (Å²) in [7, 11) is 0. The van der Waals surface area contributed by atoms with Gasteiger partial charge in [-0.2, -0.15) is 0 Å². The lowest BCUT2D eigenvalue weighted by Crippen LogP contribution is -2.18. The fourth-order valence-electron chi connectivity index (χ4n) is 2.71. The summed E-state index contributed by atoms with van der Waals surface area (Å²) in [6.45, 7) is 3.33. The highest BCUT2D eigenvalue weighted by atomic mass is 16.5. The van der Waals surface area contributed by atoms with Crippen molar-refractivity contribution in [2.75, 3.05) is 5.73 Å². The molecule has 0 aliphatic heterocycles. The highest BCUT2D eigenvalue weighted by Gasteiger charge is 2.24. The molecule has 0 aliphatic carbocycles. The summed E-state index contributed by atoms with van der Waals surface area (Å²) in [4.78, 5) is 13.0. The maximum atomic E-state index is 10.6. The Morgan fingerprint density at radius 3 is 2.82 bits per heavy atom. The Hall–Kier alpha value is -3.76. The number of hydrogen-bond acceptors (Lipinski definition) is 7. The molecule has 1 unspecified atom stereocenters. The third-order valence-corrected chi connectivity index (χ3v) is 4.23. The maximum absolute atomic E-state index is 10.6. The van der Waals surface area contributed by atoms with Gasteiger partial charge in [0.25, 0.3) is 0 Å². The number of nitrogens with zero attached hydrogens (tertiary/aromatic N) is 4. The summed E-state index contributed by atoms with van der Waals surface area (Å²) in [5.74, 6) is 7.30. The smallest absolute Gasteiger partial charge is 0.168 e.